The van der Waals surface area contributed by atoms with Crippen molar-refractivity contribution in [3.8, 4) is 0 Å². The summed E-state index contributed by atoms with van der Waals surface area (Å²) in [5.74, 6) is 0. The maximum Gasteiger partial charge on any atom is 0.417 e. The first-order chi connectivity index (χ1) is 9.45. The molecule has 1 fully saturated rings. The second-order valence-electron chi connectivity index (χ2n) is 5.40. The molecule has 116 valence electrons. The van der Waals surface area contributed by atoms with E-state index in [2.05, 4.69) is 17.6 Å². The van der Waals surface area contributed by atoms with Crippen molar-refractivity contribution in [2.45, 2.75) is 51.0 Å². The fourth-order valence-electron chi connectivity index (χ4n) is 2.97. The Kier molecular flexibility index (Phi) is 4.80. The molecule has 0 aromatic carbocycles. The van der Waals surface area contributed by atoms with Gasteiger partial charge in [0.1, 0.15) is 0 Å². The molecule has 0 aromatic rings. The van der Waals surface area contributed by atoms with Crippen LogP contribution in [-0.2, 0) is 0 Å². The summed E-state index contributed by atoms with van der Waals surface area (Å²) < 4.78 is 39.0. The quantitative estimate of drug-likeness (QED) is 0.735. The lowest BCUT2D eigenvalue weighted by Crippen LogP contribution is -2.55. The number of alkyl halides is 3. The molecule has 0 aromatic heterocycles. The van der Waals surface area contributed by atoms with Gasteiger partial charge in [0, 0.05) is 31.0 Å². The van der Waals surface area contributed by atoms with Gasteiger partial charge in [-0.25, -0.2) is 0 Å². The molecule has 7 heteroatoms. The molecule has 20 heavy (non-hydrogen) atoms. The summed E-state index contributed by atoms with van der Waals surface area (Å²) in [4.78, 5) is 1.46. The molecule has 2 rings (SSSR count). The number of nitrogens with zero attached hydrogens (tertiary/aromatic N) is 1. The van der Waals surface area contributed by atoms with E-state index in [9.17, 15) is 13.2 Å². The number of halogens is 3. The summed E-state index contributed by atoms with van der Waals surface area (Å²) in [6.45, 7) is 3.51. The molecule has 4 N–H and O–H groups in total. The minimum Gasteiger partial charge on any atom is -0.399 e. The van der Waals surface area contributed by atoms with Crippen molar-refractivity contribution in [3.63, 3.8) is 0 Å². The van der Waals surface area contributed by atoms with Gasteiger partial charge in [-0.1, -0.05) is 13.3 Å². The maximum absolute atomic E-state index is 13.0. The van der Waals surface area contributed by atoms with Gasteiger partial charge in [0.25, 0.3) is 0 Å². The molecule has 1 saturated heterocycles. The fraction of sp³-hybridized carbons (Fsp3) is 0.846. The van der Waals surface area contributed by atoms with Crippen LogP contribution in [0.15, 0.2) is 11.4 Å². The van der Waals surface area contributed by atoms with E-state index >= 15 is 0 Å². The first kappa shape index (κ1) is 15.4. The van der Waals surface area contributed by atoms with Crippen LogP contribution in [0.2, 0.25) is 0 Å². The van der Waals surface area contributed by atoms with E-state index < -0.39 is 12.3 Å². The Labute approximate surface area is 117 Å². The van der Waals surface area contributed by atoms with Crippen molar-refractivity contribution in [2.75, 3.05) is 19.6 Å². The van der Waals surface area contributed by atoms with E-state index in [0.29, 0.717) is 31.8 Å². The molecule has 2 heterocycles. The number of rotatable bonds is 4. The summed E-state index contributed by atoms with van der Waals surface area (Å²) in [5, 5.41) is 5.76. The van der Waals surface area contributed by atoms with Gasteiger partial charge in [0.15, 0.2) is 6.17 Å². The zero-order chi connectivity index (χ0) is 14.8. The van der Waals surface area contributed by atoms with Crippen LogP contribution in [0.3, 0.4) is 0 Å². The Morgan fingerprint density at radius 3 is 2.75 bits per heavy atom. The lowest BCUT2D eigenvalue weighted by atomic mass is 10.00. The number of unbranched alkanes of at least 4 members (excludes halogenated alkanes) is 1. The first-order valence-corrected chi connectivity index (χ1v) is 7.23. The molecular formula is C13H23F3N4. The van der Waals surface area contributed by atoms with Crippen LogP contribution in [0.25, 0.3) is 0 Å². The fourth-order valence-corrected chi connectivity index (χ4v) is 2.97. The highest BCUT2D eigenvalue weighted by Gasteiger charge is 2.49. The smallest absolute Gasteiger partial charge is 0.399 e. The molecule has 0 spiro atoms. The van der Waals surface area contributed by atoms with Crippen molar-refractivity contribution in [1.82, 2.24) is 15.5 Å². The lowest BCUT2D eigenvalue weighted by molar-refractivity contribution is -0.185. The van der Waals surface area contributed by atoms with Gasteiger partial charge in [0.2, 0.25) is 0 Å². The Balaban J connectivity index is 2.14. The molecule has 0 radical (unpaired) electrons. The highest BCUT2D eigenvalue weighted by Crippen LogP contribution is 2.30. The van der Waals surface area contributed by atoms with Crippen molar-refractivity contribution in [2.24, 2.45) is 5.73 Å². The predicted octanol–water partition coefficient (Wildman–Crippen LogP) is 1.50. The van der Waals surface area contributed by atoms with Gasteiger partial charge in [-0.15, -0.1) is 0 Å². The zero-order valence-electron chi connectivity index (χ0n) is 11.8. The van der Waals surface area contributed by atoms with E-state index in [4.69, 9.17) is 5.73 Å². The van der Waals surface area contributed by atoms with Crippen LogP contribution >= 0.6 is 0 Å². The number of nitrogens with one attached hydrogen (secondary N) is 2. The summed E-state index contributed by atoms with van der Waals surface area (Å²) in [6.07, 6.45) is -2.36. The van der Waals surface area contributed by atoms with E-state index in [1.807, 2.05) is 0 Å². The van der Waals surface area contributed by atoms with E-state index in [1.165, 1.54) is 4.90 Å². The Morgan fingerprint density at radius 1 is 1.35 bits per heavy atom. The first-order valence-electron chi connectivity index (χ1n) is 7.23. The minimum absolute atomic E-state index is 0.315. The van der Waals surface area contributed by atoms with Crippen LogP contribution in [0, 0.1) is 0 Å². The number of nitrogens with two attached hydrogens (primary N) is 1. The normalized spacial score (nSPS) is 28.8. The molecule has 0 bridgehead atoms. The molecule has 2 atom stereocenters. The summed E-state index contributed by atoms with van der Waals surface area (Å²) >= 11 is 0. The van der Waals surface area contributed by atoms with Crippen molar-refractivity contribution < 1.29 is 13.2 Å². The summed E-state index contributed by atoms with van der Waals surface area (Å²) in [6, 6.07) is -0.315. The third-order valence-electron chi connectivity index (χ3n) is 3.99. The molecule has 0 saturated carbocycles. The highest BCUT2D eigenvalue weighted by atomic mass is 19.4. The van der Waals surface area contributed by atoms with Crippen molar-refractivity contribution in [3.05, 3.63) is 11.4 Å². The van der Waals surface area contributed by atoms with Crippen molar-refractivity contribution in [1.29, 1.82) is 0 Å². The van der Waals surface area contributed by atoms with Gasteiger partial charge in [0.05, 0.1) is 6.04 Å². The molecule has 0 amide bonds. The third kappa shape index (κ3) is 3.20. The average molecular weight is 292 g/mol. The zero-order valence-corrected chi connectivity index (χ0v) is 11.8. The molecule has 2 aliphatic heterocycles. The molecular weight excluding hydrogens is 269 g/mol. The molecule has 2 aliphatic rings. The molecule has 2 unspecified atom stereocenters. The maximum atomic E-state index is 13.0. The topological polar surface area (TPSA) is 53.3 Å². The van der Waals surface area contributed by atoms with Gasteiger partial charge >= 0.3 is 6.18 Å². The van der Waals surface area contributed by atoms with Crippen LogP contribution in [-0.4, -0.2) is 42.9 Å². The Hall–Kier alpha value is -0.950. The summed E-state index contributed by atoms with van der Waals surface area (Å²) in [7, 11) is 0. The number of hydrogen-bond donors (Lipinski definition) is 3. The standard InChI is InChI=1S/C13H23F3N4/c1-2-3-4-9-11(17)10(5-6-18-9)20-8-7-19-12(20)13(14,15)16/h10,12,18-19H,2-8,17H2,1H3. The monoisotopic (exact) mass is 292 g/mol. The second-order valence-corrected chi connectivity index (χ2v) is 5.40. The SMILES string of the molecule is CCCCC1=C(N)C(N2CCNC2C(F)(F)F)CCN1. The Morgan fingerprint density at radius 2 is 2.10 bits per heavy atom. The third-order valence-corrected chi connectivity index (χ3v) is 3.99. The van der Waals surface area contributed by atoms with E-state index in [1.54, 1.807) is 0 Å². The van der Waals surface area contributed by atoms with Crippen LogP contribution in [0.5, 0.6) is 0 Å². The second kappa shape index (κ2) is 6.22. The average Bonchev–Trinajstić information content (AvgIpc) is 2.86. The number of allylic oxidation sites excluding steroid dienone is 1. The number of hydrogen-bond acceptors (Lipinski definition) is 4. The van der Waals surface area contributed by atoms with Crippen molar-refractivity contribution >= 4 is 0 Å². The predicted molar refractivity (Wildman–Crippen MR) is 71.7 cm³/mol. The highest BCUT2D eigenvalue weighted by molar-refractivity contribution is 5.20. The molecule has 4 nitrogen and oxygen atoms in total. The largest absolute Gasteiger partial charge is 0.417 e. The summed E-state index contributed by atoms with van der Waals surface area (Å²) in [5.41, 5.74) is 7.64. The minimum atomic E-state index is -4.26. The van der Waals surface area contributed by atoms with E-state index in [-0.39, 0.29) is 6.04 Å². The Bertz CT molecular complexity index is 367. The van der Waals surface area contributed by atoms with Crippen LogP contribution in [0.1, 0.15) is 32.6 Å². The lowest BCUT2D eigenvalue weighted by Gasteiger charge is -2.37. The van der Waals surface area contributed by atoms with Gasteiger partial charge in [-0.05, 0) is 19.3 Å². The van der Waals surface area contributed by atoms with Crippen LogP contribution in [0.4, 0.5) is 13.2 Å². The van der Waals surface area contributed by atoms with Gasteiger partial charge < -0.3 is 11.1 Å². The van der Waals surface area contributed by atoms with Gasteiger partial charge in [-0.3, -0.25) is 10.2 Å². The van der Waals surface area contributed by atoms with Gasteiger partial charge in [-0.2, -0.15) is 13.2 Å². The van der Waals surface area contributed by atoms with E-state index in [0.717, 1.165) is 25.0 Å². The van der Waals surface area contributed by atoms with Crippen LogP contribution < -0.4 is 16.4 Å². The molecule has 0 aliphatic carbocycles.